The van der Waals surface area contributed by atoms with Crippen molar-refractivity contribution in [3.63, 3.8) is 0 Å². The van der Waals surface area contributed by atoms with Crippen molar-refractivity contribution in [1.82, 2.24) is 0 Å². The molecule has 0 fully saturated rings. The summed E-state index contributed by atoms with van der Waals surface area (Å²) in [6, 6.07) is 6.83. The van der Waals surface area contributed by atoms with Crippen molar-refractivity contribution in [2.45, 2.75) is 6.92 Å². The summed E-state index contributed by atoms with van der Waals surface area (Å²) in [6.45, 7) is 1.86. The zero-order valence-electron chi connectivity index (χ0n) is 5.94. The molecule has 0 bridgehead atoms. The van der Waals surface area contributed by atoms with E-state index in [4.69, 9.17) is 0 Å². The van der Waals surface area contributed by atoms with Crippen LogP contribution in [0.3, 0.4) is 0 Å². The number of benzene rings is 1. The smallest absolute Gasteiger partial charge is 0.139 e. The van der Waals surface area contributed by atoms with Crippen LogP contribution in [0.2, 0.25) is 0 Å². The molecule has 0 radical (unpaired) electrons. The van der Waals surface area contributed by atoms with Gasteiger partial charge in [-0.1, -0.05) is 12.1 Å². The van der Waals surface area contributed by atoms with Gasteiger partial charge in [0.05, 0.1) is 0 Å². The van der Waals surface area contributed by atoms with Gasteiger partial charge in [0.15, 0.2) is 0 Å². The highest BCUT2D eigenvalue weighted by Gasteiger charge is 1.91. The maximum atomic E-state index is 10.1. The second kappa shape index (κ2) is 3.50. The van der Waals surface area contributed by atoms with Gasteiger partial charge in [-0.2, -0.15) is 0 Å². The van der Waals surface area contributed by atoms with Crippen LogP contribution in [0.1, 0.15) is 5.56 Å². The fraction of sp³-hybridized carbons (Fsp3) is 0.143. The van der Waals surface area contributed by atoms with Crippen LogP contribution in [0.5, 0.6) is 5.75 Å². The molecule has 0 saturated heterocycles. The molecule has 0 heterocycles. The minimum Gasteiger partial charge on any atom is -0.740 e. The number of hydrogen-bond acceptors (Lipinski definition) is 3. The van der Waals surface area contributed by atoms with E-state index in [1.807, 2.05) is 13.0 Å². The van der Waals surface area contributed by atoms with Crippen LogP contribution in [0.4, 0.5) is 0 Å². The molecular weight excluding hydrogens is 164 g/mol. The van der Waals surface area contributed by atoms with Crippen molar-refractivity contribution < 1.29 is 12.9 Å². The lowest BCUT2D eigenvalue weighted by atomic mass is 10.2. The highest BCUT2D eigenvalue weighted by molar-refractivity contribution is 7.74. The Morgan fingerprint density at radius 3 is 2.82 bits per heavy atom. The summed E-state index contributed by atoms with van der Waals surface area (Å²) in [7, 11) is 0. The lowest BCUT2D eigenvalue weighted by molar-refractivity contribution is 0.440. The van der Waals surface area contributed by atoms with Crippen molar-refractivity contribution in [1.29, 1.82) is 0 Å². The fourth-order valence-electron chi connectivity index (χ4n) is 0.746. The maximum Gasteiger partial charge on any atom is 0.139 e. The van der Waals surface area contributed by atoms with Gasteiger partial charge in [0.1, 0.15) is 17.1 Å². The maximum absolute atomic E-state index is 10.1. The third kappa shape index (κ3) is 2.69. The van der Waals surface area contributed by atoms with Gasteiger partial charge in [-0.15, -0.1) is 0 Å². The highest BCUT2D eigenvalue weighted by atomic mass is 32.2. The van der Waals surface area contributed by atoms with E-state index in [1.165, 1.54) is 0 Å². The molecule has 0 aromatic heterocycles. The van der Waals surface area contributed by atoms with E-state index in [0.29, 0.717) is 5.75 Å². The molecule has 4 heteroatoms. The molecule has 1 unspecified atom stereocenters. The lowest BCUT2D eigenvalue weighted by Gasteiger charge is -2.06. The Kier molecular flexibility index (Phi) is 2.62. The van der Waals surface area contributed by atoms with Gasteiger partial charge in [0.2, 0.25) is 0 Å². The molecule has 1 atom stereocenters. The van der Waals surface area contributed by atoms with Gasteiger partial charge in [-0.05, 0) is 24.6 Å². The molecule has 1 aromatic carbocycles. The first-order chi connectivity index (χ1) is 5.18. The number of aryl methyl sites for hydroxylation is 1. The highest BCUT2D eigenvalue weighted by Crippen LogP contribution is 2.12. The van der Waals surface area contributed by atoms with Crippen LogP contribution in [0.15, 0.2) is 24.3 Å². The number of rotatable bonds is 2. The Hall–Kier alpha value is -0.870. The Morgan fingerprint density at radius 1 is 1.55 bits per heavy atom. The summed E-state index contributed by atoms with van der Waals surface area (Å²) in [5.74, 6) is 0.346. The summed E-state index contributed by atoms with van der Waals surface area (Å²) in [4.78, 5) is 0. The molecule has 60 valence electrons. The first kappa shape index (κ1) is 8.23. The minimum absolute atomic E-state index is 0.346. The Morgan fingerprint density at radius 2 is 2.27 bits per heavy atom. The van der Waals surface area contributed by atoms with Crippen LogP contribution >= 0.6 is 0 Å². The summed E-state index contributed by atoms with van der Waals surface area (Å²) in [5, 5.41) is 0. The van der Waals surface area contributed by atoms with E-state index in [9.17, 15) is 8.76 Å². The average molecular weight is 171 g/mol. The third-order valence-electron chi connectivity index (χ3n) is 1.15. The van der Waals surface area contributed by atoms with Gasteiger partial charge in [0, 0.05) is 0 Å². The molecular formula is C7H7O3S-. The summed E-state index contributed by atoms with van der Waals surface area (Å²) in [5.41, 5.74) is 0.966. The molecule has 1 rings (SSSR count). The molecule has 0 aliphatic carbocycles. The summed E-state index contributed by atoms with van der Waals surface area (Å²) in [6.07, 6.45) is 0. The van der Waals surface area contributed by atoms with Crippen molar-refractivity contribution in [2.24, 2.45) is 0 Å². The predicted molar refractivity (Wildman–Crippen MR) is 40.7 cm³/mol. The van der Waals surface area contributed by atoms with Crippen molar-refractivity contribution in [3.8, 4) is 5.75 Å². The monoisotopic (exact) mass is 171 g/mol. The molecule has 1 aromatic rings. The summed E-state index contributed by atoms with van der Waals surface area (Å²) >= 11 is -2.47. The van der Waals surface area contributed by atoms with E-state index < -0.39 is 11.4 Å². The fourth-order valence-corrected chi connectivity index (χ4v) is 1.01. The topological polar surface area (TPSA) is 49.4 Å². The average Bonchev–Trinajstić information content (AvgIpc) is 1.85. The number of hydrogen-bond donors (Lipinski definition) is 0. The van der Waals surface area contributed by atoms with Crippen LogP contribution < -0.4 is 4.18 Å². The molecule has 0 aliphatic heterocycles. The largest absolute Gasteiger partial charge is 0.740 e. The van der Waals surface area contributed by atoms with Crippen LogP contribution in [0.25, 0.3) is 0 Å². The van der Waals surface area contributed by atoms with Gasteiger partial charge in [-0.3, -0.25) is 0 Å². The van der Waals surface area contributed by atoms with Gasteiger partial charge in [-0.25, -0.2) is 4.21 Å². The summed E-state index contributed by atoms with van der Waals surface area (Å²) < 4.78 is 24.5. The van der Waals surface area contributed by atoms with Crippen LogP contribution in [-0.2, 0) is 11.4 Å². The van der Waals surface area contributed by atoms with E-state index in [2.05, 4.69) is 4.18 Å². The van der Waals surface area contributed by atoms with Crippen molar-refractivity contribution in [3.05, 3.63) is 29.8 Å². The van der Waals surface area contributed by atoms with E-state index >= 15 is 0 Å². The SMILES string of the molecule is Cc1cccc(OS(=O)[O-])c1. The molecule has 0 N–H and O–H groups in total. The van der Waals surface area contributed by atoms with Crippen LogP contribution in [-0.4, -0.2) is 8.76 Å². The normalized spacial score (nSPS) is 12.5. The van der Waals surface area contributed by atoms with E-state index in [0.717, 1.165) is 5.56 Å². The van der Waals surface area contributed by atoms with Gasteiger partial charge < -0.3 is 8.74 Å². The standard InChI is InChI=1S/C7H8O3S/c1-6-3-2-4-7(5-6)10-11(8)9/h2-5H,1H3,(H,8,9)/p-1. The first-order valence-electron chi connectivity index (χ1n) is 3.03. The van der Waals surface area contributed by atoms with Crippen molar-refractivity contribution >= 4 is 11.4 Å². The third-order valence-corrected chi connectivity index (χ3v) is 1.48. The van der Waals surface area contributed by atoms with Gasteiger partial charge >= 0.3 is 0 Å². The first-order valence-corrected chi connectivity index (χ1v) is 4.03. The molecule has 0 amide bonds. The van der Waals surface area contributed by atoms with E-state index in [-0.39, 0.29) is 0 Å². The zero-order valence-corrected chi connectivity index (χ0v) is 6.76. The van der Waals surface area contributed by atoms with Crippen LogP contribution in [0, 0.1) is 6.92 Å². The molecule has 0 saturated carbocycles. The molecule has 11 heavy (non-hydrogen) atoms. The minimum atomic E-state index is -2.47. The molecule has 0 aliphatic rings. The van der Waals surface area contributed by atoms with Gasteiger partial charge in [0.25, 0.3) is 0 Å². The lowest BCUT2D eigenvalue weighted by Crippen LogP contribution is -1.97. The Labute approximate surface area is 67.5 Å². The second-order valence-corrected chi connectivity index (χ2v) is 2.68. The molecule has 0 spiro atoms. The Bertz CT molecular complexity index is 272. The Balaban J connectivity index is 2.79. The molecule has 3 nitrogen and oxygen atoms in total. The van der Waals surface area contributed by atoms with E-state index in [1.54, 1.807) is 18.2 Å². The van der Waals surface area contributed by atoms with Crippen molar-refractivity contribution in [2.75, 3.05) is 0 Å². The predicted octanol–water partition coefficient (Wildman–Crippen LogP) is 1.17. The second-order valence-electron chi connectivity index (χ2n) is 2.10. The zero-order chi connectivity index (χ0) is 8.27. The quantitative estimate of drug-likeness (QED) is 0.627.